The van der Waals surface area contributed by atoms with Crippen LogP contribution >= 0.6 is 0 Å². The van der Waals surface area contributed by atoms with Crippen LogP contribution in [-0.4, -0.2) is 60.3 Å². The third-order valence-corrected chi connectivity index (χ3v) is 8.43. The zero-order chi connectivity index (χ0) is 41.3. The molecule has 58 heavy (non-hydrogen) atoms. The average molecular weight is 777 g/mol. The fourth-order valence-corrected chi connectivity index (χ4v) is 5.46. The summed E-state index contributed by atoms with van der Waals surface area (Å²) in [5.41, 5.74) is 7.34. The number of benzene rings is 4. The third kappa shape index (κ3) is 11.9. The monoisotopic (exact) mass is 776 g/mol. The number of ether oxygens (including phenoxy) is 4. The molecule has 5 rings (SSSR count). The van der Waals surface area contributed by atoms with Crippen LogP contribution in [0.5, 0.6) is 0 Å². The smallest absolute Gasteiger partial charge is 0.338 e. The minimum Gasteiger partial charge on any atom is -0.462 e. The van der Waals surface area contributed by atoms with E-state index in [0.717, 1.165) is 22.3 Å². The molecule has 0 bridgehead atoms. The van der Waals surface area contributed by atoms with E-state index in [1.54, 1.807) is 76.2 Å². The summed E-state index contributed by atoms with van der Waals surface area (Å²) in [6.07, 6.45) is 14.9. The minimum absolute atomic E-state index is 0.285. The van der Waals surface area contributed by atoms with Gasteiger partial charge in [-0.1, -0.05) is 72.8 Å². The van der Waals surface area contributed by atoms with E-state index in [9.17, 15) is 19.2 Å². The molecule has 294 valence electrons. The van der Waals surface area contributed by atoms with Gasteiger partial charge >= 0.3 is 23.9 Å². The molecular formula is C48H44N2O8. The molecule has 0 fully saturated rings. The van der Waals surface area contributed by atoms with Crippen LogP contribution in [0.15, 0.2) is 97.1 Å². The highest BCUT2D eigenvalue weighted by Crippen LogP contribution is 2.22. The second kappa shape index (κ2) is 21.2. The Labute approximate surface area is 338 Å². The minimum atomic E-state index is -0.392. The number of nitrogens with zero attached hydrogens (tertiary/aromatic N) is 2. The molecule has 1 heterocycles. The van der Waals surface area contributed by atoms with Crippen LogP contribution < -0.4 is 0 Å². The van der Waals surface area contributed by atoms with Crippen LogP contribution in [0.25, 0.3) is 48.6 Å². The molecule has 0 saturated heterocycles. The molecule has 10 heteroatoms. The van der Waals surface area contributed by atoms with Gasteiger partial charge in [-0.2, -0.15) is 0 Å². The van der Waals surface area contributed by atoms with Crippen molar-refractivity contribution in [3.05, 3.63) is 164 Å². The van der Waals surface area contributed by atoms with Gasteiger partial charge < -0.3 is 18.9 Å². The summed E-state index contributed by atoms with van der Waals surface area (Å²) >= 11 is 0. The Morgan fingerprint density at radius 3 is 0.707 bits per heavy atom. The first-order valence-electron chi connectivity index (χ1n) is 18.9. The van der Waals surface area contributed by atoms with Crippen molar-refractivity contribution < 1.29 is 38.1 Å². The predicted octanol–water partition coefficient (Wildman–Crippen LogP) is 9.86. The summed E-state index contributed by atoms with van der Waals surface area (Å²) in [6.45, 7) is 8.19. The van der Waals surface area contributed by atoms with Gasteiger partial charge in [0.2, 0.25) is 0 Å². The lowest BCUT2D eigenvalue weighted by molar-refractivity contribution is 0.0516. The Balaban J connectivity index is 1.57. The molecule has 0 atom stereocenters. The Morgan fingerprint density at radius 2 is 0.534 bits per heavy atom. The average Bonchev–Trinajstić information content (AvgIpc) is 3.24. The number of carbonyl (C=O) groups is 4. The fourth-order valence-electron chi connectivity index (χ4n) is 5.46. The van der Waals surface area contributed by atoms with Gasteiger partial charge in [-0.05, 0) is 123 Å². The summed E-state index contributed by atoms with van der Waals surface area (Å²) in [5, 5.41) is 0. The molecule has 0 unspecified atom stereocenters. The Kier molecular flexibility index (Phi) is 15.3. The van der Waals surface area contributed by atoms with Crippen LogP contribution in [0.1, 0.15) is 114 Å². The van der Waals surface area contributed by atoms with E-state index in [-0.39, 0.29) is 26.4 Å². The number of rotatable bonds is 16. The van der Waals surface area contributed by atoms with E-state index in [1.165, 1.54) is 0 Å². The lowest BCUT2D eigenvalue weighted by Crippen LogP contribution is -2.04. The van der Waals surface area contributed by atoms with E-state index in [0.29, 0.717) is 45.0 Å². The first-order valence-corrected chi connectivity index (χ1v) is 18.9. The highest BCUT2D eigenvalue weighted by atomic mass is 16.5. The third-order valence-electron chi connectivity index (χ3n) is 8.43. The second-order valence-corrected chi connectivity index (χ2v) is 12.5. The maximum atomic E-state index is 12.2. The topological polar surface area (TPSA) is 131 Å². The molecule has 0 radical (unpaired) electrons. The largest absolute Gasteiger partial charge is 0.462 e. The molecule has 0 saturated carbocycles. The van der Waals surface area contributed by atoms with Gasteiger partial charge in [0, 0.05) is 0 Å². The van der Waals surface area contributed by atoms with E-state index in [2.05, 4.69) is 0 Å². The molecule has 4 aromatic carbocycles. The maximum absolute atomic E-state index is 12.2. The number of aromatic nitrogens is 2. The number of esters is 4. The molecule has 0 aliphatic heterocycles. The van der Waals surface area contributed by atoms with Gasteiger partial charge in [0.05, 0.1) is 71.5 Å². The van der Waals surface area contributed by atoms with Crippen molar-refractivity contribution in [2.45, 2.75) is 27.7 Å². The normalized spacial score (nSPS) is 11.4. The molecule has 0 aliphatic rings. The van der Waals surface area contributed by atoms with Crippen LogP contribution in [-0.2, 0) is 18.9 Å². The molecule has 10 nitrogen and oxygen atoms in total. The molecule has 1 aromatic heterocycles. The number of hydrogen-bond donors (Lipinski definition) is 0. The molecule has 0 amide bonds. The molecular weight excluding hydrogens is 733 g/mol. The Morgan fingerprint density at radius 1 is 0.345 bits per heavy atom. The Hall–Kier alpha value is -7.20. The summed E-state index contributed by atoms with van der Waals surface area (Å²) in [7, 11) is 0. The van der Waals surface area contributed by atoms with Crippen molar-refractivity contribution in [3.63, 3.8) is 0 Å². The van der Waals surface area contributed by atoms with Crippen molar-refractivity contribution in [2.24, 2.45) is 0 Å². The molecule has 0 N–H and O–H groups in total. The summed E-state index contributed by atoms with van der Waals surface area (Å²) < 4.78 is 20.5. The van der Waals surface area contributed by atoms with Gasteiger partial charge in [-0.25, -0.2) is 29.1 Å². The van der Waals surface area contributed by atoms with Crippen molar-refractivity contribution in [1.82, 2.24) is 9.97 Å². The maximum Gasteiger partial charge on any atom is 0.338 e. The quantitative estimate of drug-likeness (QED) is 0.0705. The highest BCUT2D eigenvalue weighted by molar-refractivity contribution is 5.92. The molecule has 5 aromatic rings. The Bertz CT molecular complexity index is 1990. The van der Waals surface area contributed by atoms with E-state index < -0.39 is 23.9 Å². The van der Waals surface area contributed by atoms with E-state index in [4.69, 9.17) is 28.9 Å². The van der Waals surface area contributed by atoms with Gasteiger partial charge in [0.15, 0.2) is 0 Å². The van der Waals surface area contributed by atoms with Crippen LogP contribution in [0.4, 0.5) is 0 Å². The summed E-state index contributed by atoms with van der Waals surface area (Å²) in [6, 6.07) is 28.2. The number of hydrogen-bond acceptors (Lipinski definition) is 10. The van der Waals surface area contributed by atoms with Gasteiger partial charge in [-0.15, -0.1) is 0 Å². The zero-order valence-electron chi connectivity index (χ0n) is 32.8. The summed E-state index contributed by atoms with van der Waals surface area (Å²) in [4.78, 5) is 59.1. The van der Waals surface area contributed by atoms with E-state index >= 15 is 0 Å². The first-order chi connectivity index (χ1) is 28.2. The van der Waals surface area contributed by atoms with Crippen molar-refractivity contribution in [3.8, 4) is 0 Å². The number of carbonyl (C=O) groups excluding carboxylic acids is 4. The lowest BCUT2D eigenvalue weighted by Gasteiger charge is -2.08. The van der Waals surface area contributed by atoms with Gasteiger partial charge in [0.1, 0.15) is 0 Å². The van der Waals surface area contributed by atoms with Crippen molar-refractivity contribution in [1.29, 1.82) is 0 Å². The molecule has 0 spiro atoms. The zero-order valence-corrected chi connectivity index (χ0v) is 32.8. The van der Waals surface area contributed by atoms with Crippen LogP contribution in [0.2, 0.25) is 0 Å². The van der Waals surface area contributed by atoms with Gasteiger partial charge in [-0.3, -0.25) is 0 Å². The molecule has 0 aliphatic carbocycles. The first kappa shape index (κ1) is 42.0. The van der Waals surface area contributed by atoms with Crippen LogP contribution in [0.3, 0.4) is 0 Å². The second-order valence-electron chi connectivity index (χ2n) is 12.5. The van der Waals surface area contributed by atoms with Gasteiger partial charge in [0.25, 0.3) is 0 Å². The lowest BCUT2D eigenvalue weighted by atomic mass is 10.1. The standard InChI is InChI=1S/C48H44N2O8/c1-5-55-45(51)37-21-9-33(10-22-37)17-29-41-42(30-18-34-11-23-38(24-12-34)46(52)56-6-2)50-44(32-20-36-15-27-40(28-16-36)48(54)58-8-4)43(49-41)31-19-35-13-25-39(26-14-35)47(53)57-7-3/h9-32H,5-8H2,1-4H3. The summed E-state index contributed by atoms with van der Waals surface area (Å²) in [5.74, 6) is -1.57. The van der Waals surface area contributed by atoms with E-state index in [1.807, 2.05) is 97.1 Å². The fraction of sp³-hybridized carbons (Fsp3) is 0.167. The predicted molar refractivity (Wildman–Crippen MR) is 227 cm³/mol. The van der Waals surface area contributed by atoms with Crippen LogP contribution in [0, 0.1) is 0 Å². The highest BCUT2D eigenvalue weighted by Gasteiger charge is 2.11. The van der Waals surface area contributed by atoms with Crippen molar-refractivity contribution >= 4 is 72.5 Å². The van der Waals surface area contributed by atoms with Crippen molar-refractivity contribution in [2.75, 3.05) is 26.4 Å². The SMILES string of the molecule is CCOC(=O)c1ccc(C=Cc2nc(C=Cc3ccc(C(=O)OCC)cc3)c(C=Cc3ccc(C(=O)OCC)cc3)nc2C=Cc2ccc(C(=O)OCC)cc2)cc1.